The van der Waals surface area contributed by atoms with Gasteiger partial charge in [-0.05, 0) is 31.2 Å². The number of carbonyl (C=O) groups excluding carboxylic acids is 1. The molecule has 162 valence electrons. The molecule has 1 aliphatic heterocycles. The zero-order chi connectivity index (χ0) is 21.9. The lowest BCUT2D eigenvalue weighted by Crippen LogP contribution is -2.64. The van der Waals surface area contributed by atoms with E-state index in [1.54, 1.807) is 49.4 Å². The van der Waals surface area contributed by atoms with Crippen LogP contribution in [0.2, 0.25) is 0 Å². The third-order valence-corrected chi connectivity index (χ3v) is 6.05. The van der Waals surface area contributed by atoms with E-state index in [0.717, 1.165) is 5.56 Å². The fourth-order valence-corrected chi connectivity index (χ4v) is 3.91. The van der Waals surface area contributed by atoms with Gasteiger partial charge in [-0.1, -0.05) is 35.9 Å². The molecular weight excluding hydrogens is 414 g/mol. The summed E-state index contributed by atoms with van der Waals surface area (Å²) in [5.74, 6) is -0.578. The molecule has 30 heavy (non-hydrogen) atoms. The summed E-state index contributed by atoms with van der Waals surface area (Å²) in [5.41, 5.74) is 1.16. The molecule has 5 atom stereocenters. The Morgan fingerprint density at radius 2 is 1.67 bits per heavy atom. The summed E-state index contributed by atoms with van der Waals surface area (Å²) in [6.45, 7) is 1.17. The average Bonchev–Trinajstić information content (AvgIpc) is 2.73. The molecule has 0 saturated carbocycles. The molecule has 10 heteroatoms. The molecule has 0 aliphatic carbocycles. The number of aliphatic hydroxyl groups excluding tert-OH is 3. The second kappa shape index (κ2) is 9.21. The lowest BCUT2D eigenvalue weighted by molar-refractivity contribution is -0.250. The van der Waals surface area contributed by atoms with Crippen LogP contribution in [-0.2, 0) is 19.0 Å². The van der Waals surface area contributed by atoms with Crippen LogP contribution in [0.4, 0.5) is 0 Å². The Hall–Kier alpha value is -2.34. The first-order valence-corrected chi connectivity index (χ1v) is 10.6. The first-order chi connectivity index (χ1) is 14.2. The molecule has 2 aromatic carbocycles. The van der Waals surface area contributed by atoms with Gasteiger partial charge in [0.15, 0.2) is 6.29 Å². The zero-order valence-corrected chi connectivity index (χ0v) is 16.9. The summed E-state index contributed by atoms with van der Waals surface area (Å²) < 4.78 is 34.7. The number of ether oxygens (including phenoxy) is 1. The second-order valence-electron chi connectivity index (χ2n) is 6.96. The van der Waals surface area contributed by atoms with Gasteiger partial charge >= 0.3 is 0 Å². The van der Waals surface area contributed by atoms with Gasteiger partial charge in [0.25, 0.3) is 16.0 Å². The SMILES string of the molecule is Cc1ccc(S(=O)(=O)OC[C@H]2O[C@@H](O)[C@@H](NC(=O)c3ccccc3)[C@@H](O)[C@@H]2O)cc1. The lowest BCUT2D eigenvalue weighted by Gasteiger charge is -2.40. The number of hydrogen-bond donors (Lipinski definition) is 4. The molecule has 3 rings (SSSR count). The predicted octanol–water partition coefficient (Wildman–Crippen LogP) is -0.0621. The van der Waals surface area contributed by atoms with Gasteiger partial charge in [-0.2, -0.15) is 8.42 Å². The van der Waals surface area contributed by atoms with Gasteiger partial charge in [0.2, 0.25) is 0 Å². The fraction of sp³-hybridized carbons (Fsp3) is 0.350. The van der Waals surface area contributed by atoms with Gasteiger partial charge in [0, 0.05) is 5.56 Å². The molecule has 9 nitrogen and oxygen atoms in total. The third-order valence-electron chi connectivity index (χ3n) is 4.75. The summed E-state index contributed by atoms with van der Waals surface area (Å²) in [4.78, 5) is 12.2. The van der Waals surface area contributed by atoms with E-state index in [0.29, 0.717) is 5.56 Å². The van der Waals surface area contributed by atoms with Crippen molar-refractivity contribution in [1.29, 1.82) is 0 Å². The number of benzene rings is 2. The molecule has 0 spiro atoms. The van der Waals surface area contributed by atoms with Crippen LogP contribution in [0.3, 0.4) is 0 Å². The van der Waals surface area contributed by atoms with Crippen molar-refractivity contribution >= 4 is 16.0 Å². The molecular formula is C20H23NO8S. The van der Waals surface area contributed by atoms with Gasteiger partial charge in [0.1, 0.15) is 24.4 Å². The van der Waals surface area contributed by atoms with Gasteiger partial charge < -0.3 is 25.4 Å². The molecule has 0 radical (unpaired) electrons. The highest BCUT2D eigenvalue weighted by atomic mass is 32.2. The van der Waals surface area contributed by atoms with Crippen LogP contribution in [0, 0.1) is 6.92 Å². The summed E-state index contributed by atoms with van der Waals surface area (Å²) in [6.07, 6.45) is -6.24. The third kappa shape index (κ3) is 5.04. The zero-order valence-electron chi connectivity index (χ0n) is 16.1. The Morgan fingerprint density at radius 1 is 1.03 bits per heavy atom. The maximum atomic E-state index is 12.3. The smallest absolute Gasteiger partial charge is 0.297 e. The lowest BCUT2D eigenvalue weighted by atomic mass is 9.97. The number of nitrogens with one attached hydrogen (secondary N) is 1. The van der Waals surface area contributed by atoms with Crippen LogP contribution < -0.4 is 5.32 Å². The van der Waals surface area contributed by atoms with Crippen LogP contribution in [-0.4, -0.2) is 66.9 Å². The Morgan fingerprint density at radius 3 is 2.30 bits per heavy atom. The van der Waals surface area contributed by atoms with E-state index in [2.05, 4.69) is 5.32 Å². The Balaban J connectivity index is 1.63. The van der Waals surface area contributed by atoms with Crippen molar-refractivity contribution < 1.29 is 37.5 Å². The molecule has 0 aromatic heterocycles. The van der Waals surface area contributed by atoms with Gasteiger partial charge in [-0.25, -0.2) is 0 Å². The van der Waals surface area contributed by atoms with E-state index < -0.39 is 53.3 Å². The van der Waals surface area contributed by atoms with Crippen LogP contribution in [0.5, 0.6) is 0 Å². The summed E-state index contributed by atoms with van der Waals surface area (Å²) >= 11 is 0. The van der Waals surface area contributed by atoms with Crippen molar-refractivity contribution in [2.45, 2.75) is 42.5 Å². The number of rotatable bonds is 6. The molecule has 1 aliphatic rings. The van der Waals surface area contributed by atoms with E-state index in [1.807, 2.05) is 0 Å². The van der Waals surface area contributed by atoms with Crippen molar-refractivity contribution in [2.75, 3.05) is 6.61 Å². The van der Waals surface area contributed by atoms with E-state index in [4.69, 9.17) is 8.92 Å². The number of amides is 1. The summed E-state index contributed by atoms with van der Waals surface area (Å²) in [6, 6.07) is 12.8. The van der Waals surface area contributed by atoms with E-state index in [-0.39, 0.29) is 4.90 Å². The Bertz CT molecular complexity index is 964. The van der Waals surface area contributed by atoms with E-state index >= 15 is 0 Å². The van der Waals surface area contributed by atoms with Gasteiger partial charge in [0.05, 0.1) is 11.5 Å². The molecule has 2 aromatic rings. The maximum Gasteiger partial charge on any atom is 0.297 e. The second-order valence-corrected chi connectivity index (χ2v) is 8.58. The summed E-state index contributed by atoms with van der Waals surface area (Å²) in [7, 11) is -4.13. The highest BCUT2D eigenvalue weighted by Crippen LogP contribution is 2.22. The monoisotopic (exact) mass is 437 g/mol. The van der Waals surface area contributed by atoms with Gasteiger partial charge in [-0.3, -0.25) is 8.98 Å². The number of aliphatic hydroxyl groups is 3. The Kier molecular flexibility index (Phi) is 6.86. The first kappa shape index (κ1) is 22.3. The molecule has 4 N–H and O–H groups in total. The highest BCUT2D eigenvalue weighted by Gasteiger charge is 2.45. The van der Waals surface area contributed by atoms with Crippen molar-refractivity contribution in [3.63, 3.8) is 0 Å². The maximum absolute atomic E-state index is 12.3. The van der Waals surface area contributed by atoms with Crippen LogP contribution in [0.15, 0.2) is 59.5 Å². The summed E-state index contributed by atoms with van der Waals surface area (Å²) in [5, 5.41) is 33.2. The predicted molar refractivity (Wildman–Crippen MR) is 105 cm³/mol. The van der Waals surface area contributed by atoms with Crippen LogP contribution >= 0.6 is 0 Å². The van der Waals surface area contributed by atoms with Crippen molar-refractivity contribution in [2.24, 2.45) is 0 Å². The van der Waals surface area contributed by atoms with Crippen molar-refractivity contribution in [1.82, 2.24) is 5.32 Å². The van der Waals surface area contributed by atoms with Crippen LogP contribution in [0.25, 0.3) is 0 Å². The number of aryl methyl sites for hydroxylation is 1. The number of carbonyl (C=O) groups is 1. The van der Waals surface area contributed by atoms with Gasteiger partial charge in [-0.15, -0.1) is 0 Å². The topological polar surface area (TPSA) is 142 Å². The standard InChI is InChI=1S/C20H23NO8S/c1-12-7-9-14(10-8-12)30(26,27)28-11-15-17(22)18(23)16(20(25)29-15)21-19(24)13-5-3-2-4-6-13/h2-10,15-18,20,22-23,25H,11H2,1H3,(H,21,24)/t15-,16+,17-,18-,20-/m1/s1. The average molecular weight is 437 g/mol. The minimum Gasteiger partial charge on any atom is -0.388 e. The molecule has 1 amide bonds. The minimum atomic E-state index is -4.13. The minimum absolute atomic E-state index is 0.0764. The first-order valence-electron chi connectivity index (χ1n) is 9.21. The number of hydrogen-bond acceptors (Lipinski definition) is 8. The normalized spacial score (nSPS) is 26.9. The van der Waals surface area contributed by atoms with Crippen molar-refractivity contribution in [3.8, 4) is 0 Å². The molecule has 0 bridgehead atoms. The fourth-order valence-electron chi connectivity index (χ4n) is 2.99. The quantitative estimate of drug-likeness (QED) is 0.461. The molecule has 1 fully saturated rings. The Labute approximate surface area is 174 Å². The largest absolute Gasteiger partial charge is 0.388 e. The van der Waals surface area contributed by atoms with Crippen molar-refractivity contribution in [3.05, 3.63) is 65.7 Å². The van der Waals surface area contributed by atoms with E-state index in [1.165, 1.54) is 12.1 Å². The molecule has 1 heterocycles. The highest BCUT2D eigenvalue weighted by molar-refractivity contribution is 7.86. The van der Waals surface area contributed by atoms with Crippen LogP contribution in [0.1, 0.15) is 15.9 Å². The molecule has 1 saturated heterocycles. The van der Waals surface area contributed by atoms with E-state index in [9.17, 15) is 28.5 Å². The molecule has 0 unspecified atom stereocenters.